The fourth-order valence-electron chi connectivity index (χ4n) is 1.63. The molecule has 17 heavy (non-hydrogen) atoms. The summed E-state index contributed by atoms with van der Waals surface area (Å²) < 4.78 is 0. The number of aromatic nitrogens is 1. The first-order valence-electron chi connectivity index (χ1n) is 5.82. The Bertz CT molecular complexity index is 379. The summed E-state index contributed by atoms with van der Waals surface area (Å²) in [6, 6.07) is 3.50. The molecule has 1 heterocycles. The van der Waals surface area contributed by atoms with Crippen LogP contribution in [0.15, 0.2) is 18.3 Å². The van der Waals surface area contributed by atoms with Crippen molar-refractivity contribution >= 4 is 11.6 Å². The van der Waals surface area contributed by atoms with Gasteiger partial charge in [-0.05, 0) is 24.5 Å². The van der Waals surface area contributed by atoms with E-state index in [2.05, 4.69) is 36.5 Å². The van der Waals surface area contributed by atoms with Crippen molar-refractivity contribution in [3.05, 3.63) is 24.0 Å². The van der Waals surface area contributed by atoms with E-state index in [1.807, 2.05) is 0 Å². The monoisotopic (exact) mass is 236 g/mol. The molecule has 1 aromatic heterocycles. The van der Waals surface area contributed by atoms with Crippen LogP contribution in [0.4, 0.5) is 5.69 Å². The number of nitrogens with two attached hydrogens (primary N) is 1. The molecule has 1 atom stereocenters. The SMILES string of the molecule is CCC(NC(=O)c1cc(NN)ccn1)C(C)C. The summed E-state index contributed by atoms with van der Waals surface area (Å²) >= 11 is 0. The third kappa shape index (κ3) is 3.71. The highest BCUT2D eigenvalue weighted by Crippen LogP contribution is 2.09. The first kappa shape index (κ1) is 13.4. The van der Waals surface area contributed by atoms with Crippen LogP contribution < -0.4 is 16.6 Å². The van der Waals surface area contributed by atoms with Crippen LogP contribution >= 0.6 is 0 Å². The molecule has 0 spiro atoms. The van der Waals surface area contributed by atoms with Gasteiger partial charge < -0.3 is 10.7 Å². The highest BCUT2D eigenvalue weighted by molar-refractivity contribution is 5.93. The van der Waals surface area contributed by atoms with Gasteiger partial charge >= 0.3 is 0 Å². The molecule has 0 fully saturated rings. The average molecular weight is 236 g/mol. The first-order valence-corrected chi connectivity index (χ1v) is 5.82. The van der Waals surface area contributed by atoms with Crippen molar-refractivity contribution in [1.82, 2.24) is 10.3 Å². The van der Waals surface area contributed by atoms with E-state index in [1.54, 1.807) is 18.3 Å². The maximum Gasteiger partial charge on any atom is 0.270 e. The number of nitrogens with zero attached hydrogens (tertiary/aromatic N) is 1. The predicted octanol–water partition coefficient (Wildman–Crippen LogP) is 1.53. The molecule has 0 aliphatic rings. The minimum atomic E-state index is -0.164. The van der Waals surface area contributed by atoms with E-state index in [0.29, 0.717) is 17.3 Å². The van der Waals surface area contributed by atoms with Crippen LogP contribution in [-0.2, 0) is 0 Å². The van der Waals surface area contributed by atoms with Gasteiger partial charge in [0.2, 0.25) is 0 Å². The molecular weight excluding hydrogens is 216 g/mol. The predicted molar refractivity (Wildman–Crippen MR) is 68.4 cm³/mol. The van der Waals surface area contributed by atoms with Crippen LogP contribution in [0.1, 0.15) is 37.7 Å². The molecule has 5 heteroatoms. The number of hydrogen-bond donors (Lipinski definition) is 3. The Morgan fingerprint density at radius 1 is 1.53 bits per heavy atom. The lowest BCUT2D eigenvalue weighted by Crippen LogP contribution is -2.38. The van der Waals surface area contributed by atoms with E-state index in [-0.39, 0.29) is 11.9 Å². The van der Waals surface area contributed by atoms with Gasteiger partial charge in [-0.2, -0.15) is 0 Å². The summed E-state index contributed by atoms with van der Waals surface area (Å²) in [7, 11) is 0. The van der Waals surface area contributed by atoms with Crippen LogP contribution in [-0.4, -0.2) is 16.9 Å². The van der Waals surface area contributed by atoms with Crippen LogP contribution in [0.3, 0.4) is 0 Å². The molecule has 0 bridgehead atoms. The third-order valence-electron chi connectivity index (χ3n) is 2.72. The lowest BCUT2D eigenvalue weighted by Gasteiger charge is -2.20. The summed E-state index contributed by atoms with van der Waals surface area (Å²) in [4.78, 5) is 16.0. The lowest BCUT2D eigenvalue weighted by atomic mass is 10.0. The van der Waals surface area contributed by atoms with E-state index in [9.17, 15) is 4.79 Å². The number of nitrogen functional groups attached to an aromatic ring is 1. The smallest absolute Gasteiger partial charge is 0.270 e. The van der Waals surface area contributed by atoms with Gasteiger partial charge in [-0.15, -0.1) is 0 Å². The topological polar surface area (TPSA) is 80.0 Å². The zero-order chi connectivity index (χ0) is 12.8. The second kappa shape index (κ2) is 6.20. The van der Waals surface area contributed by atoms with Gasteiger partial charge in [0.05, 0.1) is 5.69 Å². The van der Waals surface area contributed by atoms with Crippen LogP contribution in [0.5, 0.6) is 0 Å². The highest BCUT2D eigenvalue weighted by Gasteiger charge is 2.16. The molecule has 0 radical (unpaired) electrons. The molecule has 94 valence electrons. The van der Waals surface area contributed by atoms with Gasteiger partial charge in [-0.1, -0.05) is 20.8 Å². The second-order valence-corrected chi connectivity index (χ2v) is 4.31. The molecule has 5 nitrogen and oxygen atoms in total. The van der Waals surface area contributed by atoms with Crippen molar-refractivity contribution in [1.29, 1.82) is 0 Å². The molecular formula is C12H20N4O. The number of pyridine rings is 1. The quantitative estimate of drug-likeness (QED) is 0.535. The number of amides is 1. The average Bonchev–Trinajstić information content (AvgIpc) is 2.35. The fraction of sp³-hybridized carbons (Fsp3) is 0.500. The second-order valence-electron chi connectivity index (χ2n) is 4.31. The number of nitrogens with one attached hydrogen (secondary N) is 2. The Balaban J connectivity index is 2.75. The zero-order valence-corrected chi connectivity index (χ0v) is 10.5. The summed E-state index contributed by atoms with van der Waals surface area (Å²) in [5.41, 5.74) is 3.54. The molecule has 0 aromatic carbocycles. The summed E-state index contributed by atoms with van der Waals surface area (Å²) in [5.74, 6) is 5.52. The third-order valence-corrected chi connectivity index (χ3v) is 2.72. The summed E-state index contributed by atoms with van der Waals surface area (Å²) in [6.07, 6.45) is 2.46. The fourth-order valence-corrected chi connectivity index (χ4v) is 1.63. The summed E-state index contributed by atoms with van der Waals surface area (Å²) in [5, 5.41) is 2.96. The lowest BCUT2D eigenvalue weighted by molar-refractivity contribution is 0.0919. The van der Waals surface area contributed by atoms with Crippen molar-refractivity contribution in [2.75, 3.05) is 5.43 Å². The number of carbonyl (C=O) groups excluding carboxylic acids is 1. The maximum atomic E-state index is 11.9. The number of carbonyl (C=O) groups is 1. The molecule has 1 rings (SSSR count). The van der Waals surface area contributed by atoms with Crippen LogP contribution in [0.2, 0.25) is 0 Å². The Kier molecular flexibility index (Phi) is 4.90. The van der Waals surface area contributed by atoms with Gasteiger partial charge in [0.1, 0.15) is 5.69 Å². The number of anilines is 1. The standard InChI is InChI=1S/C12H20N4O/c1-4-10(8(2)3)15-12(17)11-7-9(16-13)5-6-14-11/h5-8,10H,4,13H2,1-3H3,(H,14,16)(H,15,17). The number of rotatable bonds is 5. The van der Waals surface area contributed by atoms with Crippen molar-refractivity contribution in [2.45, 2.75) is 33.2 Å². The van der Waals surface area contributed by atoms with Gasteiger partial charge in [0.25, 0.3) is 5.91 Å². The zero-order valence-electron chi connectivity index (χ0n) is 10.5. The molecule has 0 aliphatic heterocycles. The number of hydrogen-bond acceptors (Lipinski definition) is 4. The van der Waals surface area contributed by atoms with Gasteiger partial charge in [0, 0.05) is 12.2 Å². The van der Waals surface area contributed by atoms with E-state index in [4.69, 9.17) is 5.84 Å². The number of hydrazine groups is 1. The highest BCUT2D eigenvalue weighted by atomic mass is 16.1. The molecule has 0 aliphatic carbocycles. The molecule has 1 aromatic rings. The molecule has 0 saturated carbocycles. The van der Waals surface area contributed by atoms with Crippen molar-refractivity contribution < 1.29 is 4.79 Å². The molecule has 4 N–H and O–H groups in total. The van der Waals surface area contributed by atoms with E-state index < -0.39 is 0 Å². The van der Waals surface area contributed by atoms with Gasteiger partial charge in [0.15, 0.2) is 0 Å². The van der Waals surface area contributed by atoms with Crippen molar-refractivity contribution in [3.63, 3.8) is 0 Å². The minimum Gasteiger partial charge on any atom is -0.348 e. The van der Waals surface area contributed by atoms with E-state index in [0.717, 1.165) is 6.42 Å². The van der Waals surface area contributed by atoms with Gasteiger partial charge in [-0.3, -0.25) is 15.6 Å². The Hall–Kier alpha value is -1.62. The Morgan fingerprint density at radius 2 is 2.24 bits per heavy atom. The van der Waals surface area contributed by atoms with E-state index >= 15 is 0 Å². The maximum absolute atomic E-state index is 11.9. The Morgan fingerprint density at radius 3 is 2.76 bits per heavy atom. The largest absolute Gasteiger partial charge is 0.348 e. The van der Waals surface area contributed by atoms with E-state index in [1.165, 1.54) is 0 Å². The molecule has 1 amide bonds. The van der Waals surface area contributed by atoms with Gasteiger partial charge in [-0.25, -0.2) is 0 Å². The van der Waals surface area contributed by atoms with Crippen LogP contribution in [0.25, 0.3) is 0 Å². The Labute approximate surface area is 102 Å². The molecule has 1 unspecified atom stereocenters. The van der Waals surface area contributed by atoms with Crippen LogP contribution in [0, 0.1) is 5.92 Å². The first-order chi connectivity index (χ1) is 8.08. The summed E-state index contributed by atoms with van der Waals surface area (Å²) in [6.45, 7) is 6.22. The molecule has 0 saturated heterocycles. The normalized spacial score (nSPS) is 12.3. The van der Waals surface area contributed by atoms with Crippen molar-refractivity contribution in [3.8, 4) is 0 Å². The minimum absolute atomic E-state index is 0.164. The van der Waals surface area contributed by atoms with Crippen molar-refractivity contribution in [2.24, 2.45) is 11.8 Å².